The van der Waals surface area contributed by atoms with Crippen LogP contribution in [0, 0.1) is 5.92 Å². The summed E-state index contributed by atoms with van der Waals surface area (Å²) in [6.45, 7) is 4.48. The number of nitrogens with two attached hydrogens (primary N) is 1. The summed E-state index contributed by atoms with van der Waals surface area (Å²) in [7, 11) is 0. The molecule has 0 aliphatic heterocycles. The largest absolute Gasteiger partial charge is 0.384 e. The van der Waals surface area contributed by atoms with Gasteiger partial charge in [0.1, 0.15) is 11.6 Å². The highest BCUT2D eigenvalue weighted by Gasteiger charge is 2.45. The Kier molecular flexibility index (Phi) is 2.10. The third kappa shape index (κ3) is 1.67. The number of hydrogen-bond donors (Lipinski definition) is 2. The fourth-order valence-corrected chi connectivity index (χ4v) is 1.76. The first-order chi connectivity index (χ1) is 6.62. The molecule has 1 aromatic heterocycles. The van der Waals surface area contributed by atoms with Gasteiger partial charge in [-0.25, -0.2) is 4.98 Å². The molecule has 2 rings (SSSR count). The Balaban J connectivity index is 2.11. The number of nitrogens with zero attached hydrogens (tertiary/aromatic N) is 1. The van der Waals surface area contributed by atoms with E-state index in [0.29, 0.717) is 11.7 Å². The van der Waals surface area contributed by atoms with Gasteiger partial charge in [0.25, 0.3) is 0 Å². The van der Waals surface area contributed by atoms with Gasteiger partial charge in [0, 0.05) is 5.54 Å². The van der Waals surface area contributed by atoms with Crippen molar-refractivity contribution in [2.45, 2.75) is 32.2 Å². The Morgan fingerprint density at radius 1 is 1.43 bits per heavy atom. The molecule has 0 amide bonds. The molecule has 3 N–H and O–H groups in total. The lowest BCUT2D eigenvalue weighted by Gasteiger charge is -2.22. The summed E-state index contributed by atoms with van der Waals surface area (Å²) in [6, 6.07) is 5.71. The number of rotatable bonds is 3. The van der Waals surface area contributed by atoms with Crippen LogP contribution in [0.2, 0.25) is 0 Å². The van der Waals surface area contributed by atoms with Crippen LogP contribution in [0.25, 0.3) is 0 Å². The van der Waals surface area contributed by atoms with Crippen molar-refractivity contribution in [2.75, 3.05) is 11.1 Å². The van der Waals surface area contributed by atoms with E-state index >= 15 is 0 Å². The molecule has 1 heterocycles. The summed E-state index contributed by atoms with van der Waals surface area (Å²) < 4.78 is 0. The van der Waals surface area contributed by atoms with Crippen LogP contribution in [0.15, 0.2) is 18.2 Å². The van der Waals surface area contributed by atoms with Crippen molar-refractivity contribution < 1.29 is 0 Å². The maximum atomic E-state index is 5.62. The minimum atomic E-state index is 0.279. The molecule has 14 heavy (non-hydrogen) atoms. The lowest BCUT2D eigenvalue weighted by atomic mass is 10.0. The molecule has 0 saturated heterocycles. The molecule has 1 aliphatic carbocycles. The summed E-state index contributed by atoms with van der Waals surface area (Å²) in [5.41, 5.74) is 5.90. The maximum Gasteiger partial charge on any atom is 0.128 e. The molecule has 0 radical (unpaired) electrons. The van der Waals surface area contributed by atoms with E-state index in [2.05, 4.69) is 24.1 Å². The Bertz CT molecular complexity index is 329. The summed E-state index contributed by atoms with van der Waals surface area (Å²) in [6.07, 6.45) is 2.47. The maximum absolute atomic E-state index is 5.62. The SMILES string of the molecule is CC(C)C1(Nc2cccc(N)n2)CC1. The molecule has 3 heteroatoms. The van der Waals surface area contributed by atoms with Crippen LogP contribution in [0.5, 0.6) is 0 Å². The third-order valence-electron chi connectivity index (χ3n) is 3.04. The van der Waals surface area contributed by atoms with Crippen LogP contribution < -0.4 is 11.1 Å². The van der Waals surface area contributed by atoms with E-state index in [1.807, 2.05) is 12.1 Å². The standard InChI is InChI=1S/C11H17N3/c1-8(2)11(6-7-11)14-10-5-3-4-9(12)13-10/h3-5,8H,6-7H2,1-2H3,(H3,12,13,14). The Hall–Kier alpha value is -1.25. The second kappa shape index (κ2) is 3.15. The first-order valence-corrected chi connectivity index (χ1v) is 5.13. The minimum absolute atomic E-state index is 0.279. The predicted molar refractivity (Wildman–Crippen MR) is 59.1 cm³/mol. The first-order valence-electron chi connectivity index (χ1n) is 5.13. The quantitative estimate of drug-likeness (QED) is 0.770. The highest BCUT2D eigenvalue weighted by atomic mass is 15.1. The number of nitrogens with one attached hydrogen (secondary N) is 1. The third-order valence-corrected chi connectivity index (χ3v) is 3.04. The second-order valence-corrected chi connectivity index (χ2v) is 4.38. The summed E-state index contributed by atoms with van der Waals surface area (Å²) >= 11 is 0. The first kappa shape index (κ1) is 9.31. The van der Waals surface area contributed by atoms with Crippen molar-refractivity contribution in [1.29, 1.82) is 0 Å². The van der Waals surface area contributed by atoms with Gasteiger partial charge in [0.05, 0.1) is 0 Å². The molecule has 0 spiro atoms. The normalized spacial score (nSPS) is 18.2. The van der Waals surface area contributed by atoms with Gasteiger partial charge in [-0.1, -0.05) is 19.9 Å². The van der Waals surface area contributed by atoms with Crippen LogP contribution in [-0.2, 0) is 0 Å². The van der Waals surface area contributed by atoms with Crippen LogP contribution in [0.3, 0.4) is 0 Å². The van der Waals surface area contributed by atoms with E-state index in [9.17, 15) is 0 Å². The van der Waals surface area contributed by atoms with E-state index < -0.39 is 0 Å². The van der Waals surface area contributed by atoms with Crippen molar-refractivity contribution in [3.8, 4) is 0 Å². The Morgan fingerprint density at radius 2 is 2.14 bits per heavy atom. The zero-order valence-electron chi connectivity index (χ0n) is 8.75. The molecule has 0 aromatic carbocycles. The molecular formula is C11H17N3. The topological polar surface area (TPSA) is 50.9 Å². The summed E-state index contributed by atoms with van der Waals surface area (Å²) in [5.74, 6) is 2.12. The highest BCUT2D eigenvalue weighted by Crippen LogP contribution is 2.44. The van der Waals surface area contributed by atoms with Crippen LogP contribution >= 0.6 is 0 Å². The van der Waals surface area contributed by atoms with Crippen molar-refractivity contribution in [1.82, 2.24) is 4.98 Å². The average molecular weight is 191 g/mol. The second-order valence-electron chi connectivity index (χ2n) is 4.38. The van der Waals surface area contributed by atoms with Gasteiger partial charge in [0.2, 0.25) is 0 Å². The number of anilines is 2. The lowest BCUT2D eigenvalue weighted by molar-refractivity contribution is 0.510. The molecular weight excluding hydrogens is 174 g/mol. The van der Waals surface area contributed by atoms with Gasteiger partial charge >= 0.3 is 0 Å². The lowest BCUT2D eigenvalue weighted by Crippen LogP contribution is -2.28. The Labute approximate surface area is 84.7 Å². The van der Waals surface area contributed by atoms with Crippen molar-refractivity contribution in [3.05, 3.63) is 18.2 Å². The van der Waals surface area contributed by atoms with Gasteiger partial charge in [-0.2, -0.15) is 0 Å². The molecule has 3 nitrogen and oxygen atoms in total. The average Bonchev–Trinajstić information content (AvgIpc) is 2.85. The van der Waals surface area contributed by atoms with Crippen molar-refractivity contribution in [3.63, 3.8) is 0 Å². The summed E-state index contributed by atoms with van der Waals surface area (Å²) in [5, 5.41) is 3.48. The smallest absolute Gasteiger partial charge is 0.128 e. The number of hydrogen-bond acceptors (Lipinski definition) is 3. The molecule has 1 aliphatic rings. The fraction of sp³-hybridized carbons (Fsp3) is 0.545. The zero-order valence-corrected chi connectivity index (χ0v) is 8.75. The van der Waals surface area contributed by atoms with Crippen molar-refractivity contribution in [2.24, 2.45) is 5.92 Å². The molecule has 0 bridgehead atoms. The van der Waals surface area contributed by atoms with E-state index in [1.54, 1.807) is 6.07 Å². The monoisotopic (exact) mass is 191 g/mol. The highest BCUT2D eigenvalue weighted by molar-refractivity contribution is 5.46. The van der Waals surface area contributed by atoms with E-state index in [4.69, 9.17) is 5.73 Å². The summed E-state index contributed by atoms with van der Waals surface area (Å²) in [4.78, 5) is 4.25. The van der Waals surface area contributed by atoms with Gasteiger partial charge in [-0.05, 0) is 30.9 Å². The molecule has 1 aromatic rings. The number of aromatic nitrogens is 1. The Morgan fingerprint density at radius 3 is 2.64 bits per heavy atom. The molecule has 0 unspecified atom stereocenters. The number of pyridine rings is 1. The van der Waals surface area contributed by atoms with E-state index in [0.717, 1.165) is 5.82 Å². The zero-order chi connectivity index (χ0) is 10.2. The van der Waals surface area contributed by atoms with Crippen LogP contribution in [0.1, 0.15) is 26.7 Å². The predicted octanol–water partition coefficient (Wildman–Crippen LogP) is 2.26. The molecule has 76 valence electrons. The van der Waals surface area contributed by atoms with Crippen LogP contribution in [0.4, 0.5) is 11.6 Å². The molecule has 1 fully saturated rings. The molecule has 0 atom stereocenters. The number of nitrogen functional groups attached to an aromatic ring is 1. The van der Waals surface area contributed by atoms with E-state index in [1.165, 1.54) is 12.8 Å². The molecule has 1 saturated carbocycles. The van der Waals surface area contributed by atoms with Crippen molar-refractivity contribution >= 4 is 11.6 Å². The van der Waals surface area contributed by atoms with E-state index in [-0.39, 0.29) is 5.54 Å². The van der Waals surface area contributed by atoms with Gasteiger partial charge in [0.15, 0.2) is 0 Å². The minimum Gasteiger partial charge on any atom is -0.384 e. The van der Waals surface area contributed by atoms with Gasteiger partial charge < -0.3 is 11.1 Å². The van der Waals surface area contributed by atoms with Gasteiger partial charge in [-0.15, -0.1) is 0 Å². The fourth-order valence-electron chi connectivity index (χ4n) is 1.76. The van der Waals surface area contributed by atoms with Crippen LogP contribution in [-0.4, -0.2) is 10.5 Å². The van der Waals surface area contributed by atoms with Gasteiger partial charge in [-0.3, -0.25) is 0 Å².